The van der Waals surface area contributed by atoms with Gasteiger partial charge in [-0.1, -0.05) is 6.92 Å². The average Bonchev–Trinajstić information content (AvgIpc) is 2.38. The van der Waals surface area contributed by atoms with Crippen LogP contribution in [0.15, 0.2) is 0 Å². The Hall–Kier alpha value is -0.120. The van der Waals surface area contributed by atoms with E-state index in [9.17, 15) is 0 Å². The first-order valence-electron chi connectivity index (χ1n) is 9.43. The summed E-state index contributed by atoms with van der Waals surface area (Å²) in [5.74, 6) is 2.54. The molecule has 1 aliphatic carbocycles. The highest BCUT2D eigenvalue weighted by Crippen LogP contribution is 2.34. The summed E-state index contributed by atoms with van der Waals surface area (Å²) in [5.41, 5.74) is 0. The van der Waals surface area contributed by atoms with Crippen LogP contribution in [-0.4, -0.2) is 49.5 Å². The predicted octanol–water partition coefficient (Wildman–Crippen LogP) is 3.96. The van der Waals surface area contributed by atoms with Crippen LogP contribution in [0.5, 0.6) is 0 Å². The molecule has 1 heterocycles. The molecule has 0 N–H and O–H groups in total. The molecule has 2 aliphatic rings. The second kappa shape index (κ2) is 8.65. The molecule has 1 saturated carbocycles. The van der Waals surface area contributed by atoms with Gasteiger partial charge in [0.25, 0.3) is 0 Å². The van der Waals surface area contributed by atoms with Crippen LogP contribution in [-0.2, 0) is 9.47 Å². The van der Waals surface area contributed by atoms with Crippen molar-refractivity contribution in [1.82, 2.24) is 4.90 Å². The minimum absolute atomic E-state index is 0.370. The van der Waals surface area contributed by atoms with Crippen LogP contribution in [0.25, 0.3) is 0 Å². The second-order valence-corrected chi connectivity index (χ2v) is 8.14. The Bertz CT molecular complexity index is 313. The Morgan fingerprint density at radius 3 is 2.41 bits per heavy atom. The molecule has 130 valence electrons. The number of hydrogen-bond acceptors (Lipinski definition) is 3. The molecule has 0 bridgehead atoms. The molecule has 0 aromatic carbocycles. The minimum atomic E-state index is 0.370. The van der Waals surface area contributed by atoms with Crippen LogP contribution >= 0.6 is 0 Å². The Balaban J connectivity index is 1.60. The molecule has 0 radical (unpaired) electrons. The lowest BCUT2D eigenvalue weighted by atomic mass is 9.80. The van der Waals surface area contributed by atoms with Gasteiger partial charge in [-0.3, -0.25) is 0 Å². The number of piperidine rings is 1. The maximum absolute atomic E-state index is 5.87. The standard InChI is InChI=1S/C19H37NO2/c1-14(2)21-9-7-18-6-8-20(12-16(18)5)13-17-10-19(11-17)22-15(3)4/h14-19H,6-13H2,1-5H3/t16-,17-,18-,19-/m1/s1. The Kier molecular flexibility index (Phi) is 7.17. The summed E-state index contributed by atoms with van der Waals surface area (Å²) in [5, 5.41) is 0. The van der Waals surface area contributed by atoms with Crippen molar-refractivity contribution in [2.24, 2.45) is 17.8 Å². The van der Waals surface area contributed by atoms with Gasteiger partial charge in [0.2, 0.25) is 0 Å². The van der Waals surface area contributed by atoms with Crippen molar-refractivity contribution >= 4 is 0 Å². The van der Waals surface area contributed by atoms with Crippen molar-refractivity contribution in [2.45, 2.75) is 78.6 Å². The summed E-state index contributed by atoms with van der Waals surface area (Å²) < 4.78 is 11.6. The quantitative estimate of drug-likeness (QED) is 0.677. The predicted molar refractivity (Wildman–Crippen MR) is 92.1 cm³/mol. The van der Waals surface area contributed by atoms with E-state index >= 15 is 0 Å². The SMILES string of the molecule is CC(C)OCC[C@H]1CCN(C[C@H]2C[C@H](OC(C)C)C2)C[C@H]1C. The third-order valence-electron chi connectivity index (χ3n) is 5.28. The molecule has 0 spiro atoms. The first kappa shape index (κ1) is 18.2. The number of rotatable bonds is 8. The molecular formula is C19H37NO2. The number of likely N-dealkylation sites (tertiary alicyclic amines) is 1. The Morgan fingerprint density at radius 2 is 1.82 bits per heavy atom. The van der Waals surface area contributed by atoms with E-state index in [4.69, 9.17) is 9.47 Å². The Labute approximate surface area is 137 Å². The fourth-order valence-electron chi connectivity index (χ4n) is 4.02. The second-order valence-electron chi connectivity index (χ2n) is 8.14. The molecule has 0 amide bonds. The van der Waals surface area contributed by atoms with Crippen molar-refractivity contribution in [3.63, 3.8) is 0 Å². The van der Waals surface area contributed by atoms with E-state index in [-0.39, 0.29) is 0 Å². The van der Waals surface area contributed by atoms with Crippen LogP contribution in [0.2, 0.25) is 0 Å². The van der Waals surface area contributed by atoms with Crippen molar-refractivity contribution in [3.8, 4) is 0 Å². The highest BCUT2D eigenvalue weighted by Gasteiger charge is 2.34. The monoisotopic (exact) mass is 311 g/mol. The Morgan fingerprint density at radius 1 is 1.09 bits per heavy atom. The normalized spacial score (nSPS) is 33.4. The van der Waals surface area contributed by atoms with E-state index in [1.807, 2.05) is 0 Å². The van der Waals surface area contributed by atoms with Crippen molar-refractivity contribution in [1.29, 1.82) is 0 Å². The van der Waals surface area contributed by atoms with E-state index < -0.39 is 0 Å². The zero-order valence-corrected chi connectivity index (χ0v) is 15.4. The van der Waals surface area contributed by atoms with Crippen LogP contribution in [0.1, 0.15) is 60.3 Å². The van der Waals surface area contributed by atoms with E-state index in [0.29, 0.717) is 18.3 Å². The topological polar surface area (TPSA) is 21.7 Å². The summed E-state index contributed by atoms with van der Waals surface area (Å²) in [4.78, 5) is 2.70. The van der Waals surface area contributed by atoms with Crippen molar-refractivity contribution < 1.29 is 9.47 Å². The van der Waals surface area contributed by atoms with E-state index in [0.717, 1.165) is 24.4 Å². The summed E-state index contributed by atoms with van der Waals surface area (Å²) in [6.45, 7) is 15.7. The maximum atomic E-state index is 5.87. The smallest absolute Gasteiger partial charge is 0.0584 e. The fourth-order valence-corrected chi connectivity index (χ4v) is 4.02. The molecule has 2 fully saturated rings. The van der Waals surface area contributed by atoms with E-state index in [2.05, 4.69) is 39.5 Å². The first-order valence-corrected chi connectivity index (χ1v) is 9.43. The van der Waals surface area contributed by atoms with Gasteiger partial charge in [0, 0.05) is 19.7 Å². The number of nitrogens with zero attached hydrogens (tertiary/aromatic N) is 1. The molecule has 3 nitrogen and oxygen atoms in total. The zero-order chi connectivity index (χ0) is 16.1. The zero-order valence-electron chi connectivity index (χ0n) is 15.4. The van der Waals surface area contributed by atoms with E-state index in [1.165, 1.54) is 45.3 Å². The van der Waals surface area contributed by atoms with Crippen LogP contribution in [0, 0.1) is 17.8 Å². The number of hydrogen-bond donors (Lipinski definition) is 0. The minimum Gasteiger partial charge on any atom is -0.379 e. The third-order valence-corrected chi connectivity index (χ3v) is 5.28. The molecule has 2 atom stereocenters. The van der Waals surface area contributed by atoms with Gasteiger partial charge in [-0.05, 0) is 77.7 Å². The van der Waals surface area contributed by atoms with Gasteiger partial charge >= 0.3 is 0 Å². The van der Waals surface area contributed by atoms with Gasteiger partial charge in [0.05, 0.1) is 18.3 Å². The third kappa shape index (κ3) is 5.82. The molecular weight excluding hydrogens is 274 g/mol. The van der Waals surface area contributed by atoms with Crippen molar-refractivity contribution in [2.75, 3.05) is 26.2 Å². The highest BCUT2D eigenvalue weighted by molar-refractivity contribution is 4.86. The first-order chi connectivity index (χ1) is 10.4. The van der Waals surface area contributed by atoms with Crippen LogP contribution in [0.3, 0.4) is 0 Å². The van der Waals surface area contributed by atoms with E-state index in [1.54, 1.807) is 0 Å². The van der Waals surface area contributed by atoms with Gasteiger partial charge < -0.3 is 14.4 Å². The van der Waals surface area contributed by atoms with Gasteiger partial charge in [-0.25, -0.2) is 0 Å². The van der Waals surface area contributed by atoms with Gasteiger partial charge in [0.15, 0.2) is 0 Å². The van der Waals surface area contributed by atoms with Gasteiger partial charge in [0.1, 0.15) is 0 Å². The molecule has 0 aromatic heterocycles. The lowest BCUT2D eigenvalue weighted by molar-refractivity contribution is -0.0709. The number of ether oxygens (including phenoxy) is 2. The fraction of sp³-hybridized carbons (Fsp3) is 1.00. The molecule has 0 aromatic rings. The summed E-state index contributed by atoms with van der Waals surface area (Å²) >= 11 is 0. The molecule has 0 unspecified atom stereocenters. The molecule has 3 heteroatoms. The largest absolute Gasteiger partial charge is 0.379 e. The molecule has 2 rings (SSSR count). The lowest BCUT2D eigenvalue weighted by Gasteiger charge is -2.43. The average molecular weight is 312 g/mol. The van der Waals surface area contributed by atoms with Gasteiger partial charge in [-0.15, -0.1) is 0 Å². The van der Waals surface area contributed by atoms with Crippen LogP contribution in [0.4, 0.5) is 0 Å². The summed E-state index contributed by atoms with van der Waals surface area (Å²) in [7, 11) is 0. The lowest BCUT2D eigenvalue weighted by Crippen LogP contribution is -2.46. The summed E-state index contributed by atoms with van der Waals surface area (Å²) in [6, 6.07) is 0. The molecule has 1 saturated heterocycles. The molecule has 22 heavy (non-hydrogen) atoms. The highest BCUT2D eigenvalue weighted by atomic mass is 16.5. The summed E-state index contributed by atoms with van der Waals surface area (Å²) in [6.07, 6.45) is 6.42. The maximum Gasteiger partial charge on any atom is 0.0584 e. The molecule has 1 aliphatic heterocycles. The van der Waals surface area contributed by atoms with Gasteiger partial charge in [-0.2, -0.15) is 0 Å². The van der Waals surface area contributed by atoms with Crippen molar-refractivity contribution in [3.05, 3.63) is 0 Å². The van der Waals surface area contributed by atoms with Crippen LogP contribution < -0.4 is 0 Å².